The van der Waals surface area contributed by atoms with Crippen LogP contribution >= 0.6 is 12.2 Å². The van der Waals surface area contributed by atoms with Gasteiger partial charge in [0, 0.05) is 24.1 Å². The first-order valence-corrected chi connectivity index (χ1v) is 8.02. The van der Waals surface area contributed by atoms with E-state index in [1.807, 2.05) is 36.1 Å². The Balaban J connectivity index is 1.52. The van der Waals surface area contributed by atoms with Crippen LogP contribution in [0.3, 0.4) is 0 Å². The van der Waals surface area contributed by atoms with Gasteiger partial charge >= 0.3 is 0 Å². The zero-order chi connectivity index (χ0) is 17.4. The highest BCUT2D eigenvalue weighted by molar-refractivity contribution is 7.71. The summed E-state index contributed by atoms with van der Waals surface area (Å²) in [6.07, 6.45) is 3.73. The average molecular weight is 357 g/mol. The zero-order valence-electron chi connectivity index (χ0n) is 13.4. The molecule has 0 unspecified atom stereocenters. The Bertz CT molecular complexity index is 990. The molecular weight excluding hydrogens is 342 g/mol. The number of anilines is 1. The molecule has 2 aromatic heterocycles. The summed E-state index contributed by atoms with van der Waals surface area (Å²) in [7, 11) is 0. The van der Waals surface area contributed by atoms with Crippen molar-refractivity contribution in [2.24, 2.45) is 0 Å². The Morgan fingerprint density at radius 3 is 2.84 bits per heavy atom. The minimum absolute atomic E-state index is 0.0163. The van der Waals surface area contributed by atoms with E-state index in [9.17, 15) is 4.79 Å². The number of carbonyl (C=O) groups excluding carboxylic acids is 1. The minimum Gasteiger partial charge on any atom is -0.454 e. The molecule has 8 nitrogen and oxygen atoms in total. The highest BCUT2D eigenvalue weighted by Gasteiger charge is 2.15. The summed E-state index contributed by atoms with van der Waals surface area (Å²) in [5, 5.41) is 7.17. The highest BCUT2D eigenvalue weighted by atomic mass is 32.1. The topological polar surface area (TPSA) is 75.2 Å². The number of hydrogen-bond donors (Lipinski definition) is 1. The Morgan fingerprint density at radius 1 is 1.28 bits per heavy atom. The molecule has 3 heterocycles. The van der Waals surface area contributed by atoms with Gasteiger partial charge in [0.2, 0.25) is 17.5 Å². The van der Waals surface area contributed by atoms with E-state index in [0.29, 0.717) is 27.8 Å². The molecule has 0 saturated heterocycles. The van der Waals surface area contributed by atoms with Crippen LogP contribution in [0.5, 0.6) is 11.5 Å². The normalized spacial score (nSPS) is 12.4. The Kier molecular flexibility index (Phi) is 3.77. The number of nitrogens with one attached hydrogen (secondary N) is 1. The molecule has 128 valence electrons. The van der Waals surface area contributed by atoms with Gasteiger partial charge in [0.15, 0.2) is 11.5 Å². The van der Waals surface area contributed by atoms with Gasteiger partial charge in [0.25, 0.3) is 0 Å². The van der Waals surface area contributed by atoms with E-state index in [1.54, 1.807) is 22.9 Å². The molecule has 1 aliphatic rings. The standard InChI is InChI=1S/C16H15N5O3S/c1-11-18-20(16(25)21(11)19-6-2-3-7-19)9-15(22)17-12-4-5-13-14(8-12)24-10-23-13/h2-8H,9-10H2,1H3,(H,17,22). The number of fused-ring (bicyclic) bond motifs is 1. The van der Waals surface area contributed by atoms with Crippen LogP contribution in [0.15, 0.2) is 42.7 Å². The Hall–Kier alpha value is -3.07. The third-order valence-corrected chi connectivity index (χ3v) is 4.13. The number of amides is 1. The van der Waals surface area contributed by atoms with Crippen molar-refractivity contribution >= 4 is 23.8 Å². The van der Waals surface area contributed by atoms with Crippen molar-refractivity contribution < 1.29 is 14.3 Å². The van der Waals surface area contributed by atoms with Gasteiger partial charge in [0.05, 0.1) is 0 Å². The van der Waals surface area contributed by atoms with Crippen LogP contribution in [0.25, 0.3) is 0 Å². The number of ether oxygens (including phenoxy) is 2. The number of aromatic nitrogens is 4. The zero-order valence-corrected chi connectivity index (χ0v) is 14.2. The van der Waals surface area contributed by atoms with Gasteiger partial charge < -0.3 is 14.8 Å². The maximum absolute atomic E-state index is 12.3. The molecule has 9 heteroatoms. The first-order chi connectivity index (χ1) is 12.1. The summed E-state index contributed by atoms with van der Waals surface area (Å²) in [5.74, 6) is 1.74. The highest BCUT2D eigenvalue weighted by Crippen LogP contribution is 2.34. The summed E-state index contributed by atoms with van der Waals surface area (Å²) >= 11 is 5.43. The number of nitrogens with zero attached hydrogens (tertiary/aromatic N) is 4. The van der Waals surface area contributed by atoms with Crippen molar-refractivity contribution in [1.29, 1.82) is 0 Å². The quantitative estimate of drug-likeness (QED) is 0.725. The number of carbonyl (C=O) groups is 1. The molecule has 0 saturated carbocycles. The van der Waals surface area contributed by atoms with Crippen molar-refractivity contribution in [2.75, 3.05) is 12.1 Å². The van der Waals surface area contributed by atoms with Gasteiger partial charge in [-0.1, -0.05) is 0 Å². The van der Waals surface area contributed by atoms with Crippen molar-refractivity contribution in [2.45, 2.75) is 13.5 Å². The van der Waals surface area contributed by atoms with Gasteiger partial charge in [-0.3, -0.25) is 9.47 Å². The van der Waals surface area contributed by atoms with Crippen LogP contribution in [0, 0.1) is 11.7 Å². The van der Waals surface area contributed by atoms with E-state index < -0.39 is 0 Å². The minimum atomic E-state index is -0.230. The fourth-order valence-electron chi connectivity index (χ4n) is 2.65. The predicted octanol–water partition coefficient (Wildman–Crippen LogP) is 2.20. The number of rotatable bonds is 4. The van der Waals surface area contributed by atoms with Crippen LogP contribution in [0.1, 0.15) is 5.82 Å². The molecule has 1 aliphatic heterocycles. The van der Waals surface area contributed by atoms with Crippen molar-refractivity contribution in [3.63, 3.8) is 0 Å². The van der Waals surface area contributed by atoms with Crippen LogP contribution < -0.4 is 14.8 Å². The summed E-state index contributed by atoms with van der Waals surface area (Å²) in [6, 6.07) is 9.03. The van der Waals surface area contributed by atoms with Gasteiger partial charge in [0.1, 0.15) is 12.4 Å². The molecule has 0 atom stereocenters. The van der Waals surface area contributed by atoms with Crippen molar-refractivity contribution in [1.82, 2.24) is 19.1 Å². The molecule has 0 aliphatic carbocycles. The molecular formula is C16H15N5O3S. The molecule has 1 aromatic carbocycles. The summed E-state index contributed by atoms with van der Waals surface area (Å²) in [6.45, 7) is 2.04. The summed E-state index contributed by atoms with van der Waals surface area (Å²) in [5.41, 5.74) is 0.627. The molecule has 3 aromatic rings. The van der Waals surface area contributed by atoms with E-state index in [0.717, 1.165) is 0 Å². The second-order valence-electron chi connectivity index (χ2n) is 5.48. The SMILES string of the molecule is Cc1nn(CC(=O)Nc2ccc3c(c2)OCO3)c(=S)n1-n1cccc1. The number of benzene rings is 1. The summed E-state index contributed by atoms with van der Waals surface area (Å²) in [4.78, 5) is 12.3. The third-order valence-electron chi connectivity index (χ3n) is 3.74. The maximum Gasteiger partial charge on any atom is 0.246 e. The van der Waals surface area contributed by atoms with E-state index in [1.165, 1.54) is 4.68 Å². The molecule has 1 amide bonds. The predicted molar refractivity (Wildman–Crippen MR) is 92.2 cm³/mol. The van der Waals surface area contributed by atoms with Crippen LogP contribution in [-0.4, -0.2) is 31.8 Å². The first kappa shape index (κ1) is 15.5. The van der Waals surface area contributed by atoms with Crippen LogP contribution in [0.2, 0.25) is 0 Å². The van der Waals surface area contributed by atoms with E-state index in [2.05, 4.69) is 10.4 Å². The summed E-state index contributed by atoms with van der Waals surface area (Å²) < 4.78 is 16.1. The first-order valence-electron chi connectivity index (χ1n) is 7.61. The lowest BCUT2D eigenvalue weighted by molar-refractivity contribution is -0.116. The number of aryl methyl sites for hydroxylation is 1. The largest absolute Gasteiger partial charge is 0.454 e. The smallest absolute Gasteiger partial charge is 0.246 e. The van der Waals surface area contributed by atoms with Gasteiger partial charge in [-0.25, -0.2) is 9.36 Å². The molecule has 25 heavy (non-hydrogen) atoms. The lowest BCUT2D eigenvalue weighted by atomic mass is 10.3. The fraction of sp³-hybridized carbons (Fsp3) is 0.188. The average Bonchev–Trinajstić information content (AvgIpc) is 3.29. The second-order valence-corrected chi connectivity index (χ2v) is 5.84. The van der Waals surface area contributed by atoms with Gasteiger partial charge in [-0.05, 0) is 43.4 Å². The fourth-order valence-corrected chi connectivity index (χ4v) is 2.98. The van der Waals surface area contributed by atoms with Crippen molar-refractivity contribution in [3.8, 4) is 11.5 Å². The van der Waals surface area contributed by atoms with Crippen LogP contribution in [-0.2, 0) is 11.3 Å². The van der Waals surface area contributed by atoms with Crippen molar-refractivity contribution in [3.05, 3.63) is 53.3 Å². The lowest BCUT2D eigenvalue weighted by Gasteiger charge is -2.06. The van der Waals surface area contributed by atoms with Crippen LogP contribution in [0.4, 0.5) is 5.69 Å². The molecule has 4 rings (SSSR count). The third kappa shape index (κ3) is 2.89. The van der Waals surface area contributed by atoms with Gasteiger partial charge in [-0.2, -0.15) is 5.10 Å². The van der Waals surface area contributed by atoms with E-state index in [-0.39, 0.29) is 19.2 Å². The molecule has 0 radical (unpaired) electrons. The molecule has 0 spiro atoms. The van der Waals surface area contributed by atoms with Gasteiger partial charge in [-0.15, -0.1) is 0 Å². The molecule has 1 N–H and O–H groups in total. The number of hydrogen-bond acceptors (Lipinski definition) is 5. The lowest BCUT2D eigenvalue weighted by Crippen LogP contribution is -2.20. The maximum atomic E-state index is 12.3. The Morgan fingerprint density at radius 2 is 2.04 bits per heavy atom. The Labute approximate surface area is 148 Å². The molecule has 0 fully saturated rings. The van der Waals surface area contributed by atoms with E-state index >= 15 is 0 Å². The monoisotopic (exact) mass is 357 g/mol. The second kappa shape index (κ2) is 6.10. The van der Waals surface area contributed by atoms with E-state index in [4.69, 9.17) is 21.7 Å². The molecule has 0 bridgehead atoms.